The molecule has 1 heterocycles. The van der Waals surface area contributed by atoms with Gasteiger partial charge in [-0.05, 0) is 68.0 Å². The van der Waals surface area contributed by atoms with Crippen LogP contribution in [0.2, 0.25) is 0 Å². The quantitative estimate of drug-likeness (QED) is 0.252. The maximum Gasteiger partial charge on any atom is 0.255 e. The molecule has 180 valence electrons. The zero-order chi connectivity index (χ0) is 24.6. The first-order valence-electron chi connectivity index (χ1n) is 11.8. The van der Waals surface area contributed by atoms with Crippen LogP contribution in [-0.2, 0) is 0 Å². The van der Waals surface area contributed by atoms with Crippen LogP contribution in [0.5, 0.6) is 5.75 Å². The fourth-order valence-electron chi connectivity index (χ4n) is 4.41. The number of anilines is 1. The highest BCUT2D eigenvalue weighted by atomic mass is 16.4. The van der Waals surface area contributed by atoms with E-state index in [4.69, 9.17) is 0 Å². The standard InChI is InChI=1S/C28H29N3O4/c32-26-19-23(29-27(33)21-7-3-1-4-8-21)12-13-24(26)25(30-35)14-11-20-15-17-31(18-16-20)28(34)22-9-5-2-6-10-22/h1-10,12-13,19-20,32,35H,11,14-18H2,(H,29,33). The SMILES string of the molecule is O=C(Nc1ccc(C(CCC2CCN(C(=O)c3ccccc3)CC2)=NO)c(O)c1)c1ccccc1. The number of likely N-dealkylation sites (tertiary alicyclic amines) is 1. The van der Waals surface area contributed by atoms with Crippen molar-refractivity contribution in [3.8, 4) is 5.75 Å². The van der Waals surface area contributed by atoms with Crippen LogP contribution in [0.15, 0.2) is 84.0 Å². The predicted octanol–water partition coefficient (Wildman–Crippen LogP) is 5.16. The number of hydrogen-bond donors (Lipinski definition) is 3. The number of carbonyl (C=O) groups is 2. The number of oxime groups is 1. The second-order valence-corrected chi connectivity index (χ2v) is 8.74. The van der Waals surface area contributed by atoms with E-state index in [1.807, 2.05) is 41.3 Å². The Hall–Kier alpha value is -4.13. The molecule has 1 fully saturated rings. The molecule has 0 saturated carbocycles. The van der Waals surface area contributed by atoms with Gasteiger partial charge in [-0.25, -0.2) is 0 Å². The Balaban J connectivity index is 1.30. The zero-order valence-electron chi connectivity index (χ0n) is 19.4. The number of phenols is 1. The van der Waals surface area contributed by atoms with Crippen molar-refractivity contribution in [2.75, 3.05) is 18.4 Å². The molecule has 0 bridgehead atoms. The smallest absolute Gasteiger partial charge is 0.255 e. The van der Waals surface area contributed by atoms with Crippen molar-refractivity contribution >= 4 is 23.2 Å². The van der Waals surface area contributed by atoms with E-state index in [0.29, 0.717) is 53.5 Å². The lowest BCUT2D eigenvalue weighted by Gasteiger charge is -2.32. The maximum atomic E-state index is 12.6. The highest BCUT2D eigenvalue weighted by Crippen LogP contribution is 2.28. The number of rotatable bonds is 7. The largest absolute Gasteiger partial charge is 0.507 e. The Morgan fingerprint density at radius 2 is 1.54 bits per heavy atom. The minimum absolute atomic E-state index is 0.0611. The van der Waals surface area contributed by atoms with Gasteiger partial charge in [-0.3, -0.25) is 9.59 Å². The molecule has 0 atom stereocenters. The molecule has 3 aromatic rings. The number of hydrogen-bond acceptors (Lipinski definition) is 5. The molecule has 2 amide bonds. The second kappa shape index (κ2) is 11.3. The van der Waals surface area contributed by atoms with E-state index in [-0.39, 0.29) is 17.6 Å². The lowest BCUT2D eigenvalue weighted by molar-refractivity contribution is 0.0687. The Labute approximate surface area is 204 Å². The molecular weight excluding hydrogens is 442 g/mol. The summed E-state index contributed by atoms with van der Waals surface area (Å²) in [5.74, 6) is 0.127. The summed E-state index contributed by atoms with van der Waals surface area (Å²) in [5, 5.41) is 26.3. The molecule has 3 aromatic carbocycles. The molecule has 0 spiro atoms. The van der Waals surface area contributed by atoms with E-state index in [1.54, 1.807) is 36.4 Å². The number of benzene rings is 3. The van der Waals surface area contributed by atoms with Gasteiger partial charge in [-0.1, -0.05) is 41.6 Å². The van der Waals surface area contributed by atoms with Gasteiger partial charge < -0.3 is 20.5 Å². The lowest BCUT2D eigenvalue weighted by atomic mass is 9.89. The summed E-state index contributed by atoms with van der Waals surface area (Å²) in [6.45, 7) is 1.40. The predicted molar refractivity (Wildman–Crippen MR) is 135 cm³/mol. The zero-order valence-corrected chi connectivity index (χ0v) is 19.4. The number of nitrogens with one attached hydrogen (secondary N) is 1. The summed E-state index contributed by atoms with van der Waals surface area (Å²) in [7, 11) is 0. The third kappa shape index (κ3) is 6.06. The Kier molecular flexibility index (Phi) is 7.77. The summed E-state index contributed by atoms with van der Waals surface area (Å²) >= 11 is 0. The third-order valence-electron chi connectivity index (χ3n) is 6.44. The van der Waals surface area contributed by atoms with E-state index in [9.17, 15) is 19.9 Å². The van der Waals surface area contributed by atoms with E-state index in [0.717, 1.165) is 19.3 Å². The molecule has 0 radical (unpaired) electrons. The van der Waals surface area contributed by atoms with Gasteiger partial charge in [0.25, 0.3) is 11.8 Å². The molecule has 1 aliphatic heterocycles. The molecule has 0 unspecified atom stereocenters. The molecule has 7 heteroatoms. The number of phenolic OH excluding ortho intramolecular Hbond substituents is 1. The summed E-state index contributed by atoms with van der Waals surface area (Å²) in [5.41, 5.74) is 2.51. The topological polar surface area (TPSA) is 102 Å². The number of nitrogens with zero attached hydrogens (tertiary/aromatic N) is 2. The molecule has 0 aromatic heterocycles. The molecule has 35 heavy (non-hydrogen) atoms. The Bertz CT molecular complexity index is 1190. The third-order valence-corrected chi connectivity index (χ3v) is 6.44. The minimum Gasteiger partial charge on any atom is -0.507 e. The monoisotopic (exact) mass is 471 g/mol. The van der Waals surface area contributed by atoms with Crippen molar-refractivity contribution < 1.29 is 19.9 Å². The van der Waals surface area contributed by atoms with Crippen LogP contribution in [0.4, 0.5) is 5.69 Å². The molecule has 4 rings (SSSR count). The highest BCUT2D eigenvalue weighted by Gasteiger charge is 2.24. The van der Waals surface area contributed by atoms with Crippen molar-refractivity contribution in [1.29, 1.82) is 0 Å². The van der Waals surface area contributed by atoms with Crippen LogP contribution in [0.1, 0.15) is 52.0 Å². The highest BCUT2D eigenvalue weighted by molar-refractivity contribution is 6.06. The molecule has 7 nitrogen and oxygen atoms in total. The fourth-order valence-corrected chi connectivity index (χ4v) is 4.41. The molecule has 3 N–H and O–H groups in total. The van der Waals surface area contributed by atoms with Crippen molar-refractivity contribution in [2.24, 2.45) is 11.1 Å². The van der Waals surface area contributed by atoms with Gasteiger partial charge >= 0.3 is 0 Å². The first-order chi connectivity index (χ1) is 17.0. The van der Waals surface area contributed by atoms with Crippen LogP contribution in [0, 0.1) is 5.92 Å². The van der Waals surface area contributed by atoms with Gasteiger partial charge in [-0.2, -0.15) is 0 Å². The van der Waals surface area contributed by atoms with Crippen LogP contribution >= 0.6 is 0 Å². The summed E-state index contributed by atoms with van der Waals surface area (Å²) in [4.78, 5) is 26.9. The normalized spacial score (nSPS) is 14.5. The van der Waals surface area contributed by atoms with Crippen molar-refractivity contribution in [2.45, 2.75) is 25.7 Å². The van der Waals surface area contributed by atoms with E-state index < -0.39 is 0 Å². The van der Waals surface area contributed by atoms with Gasteiger partial charge in [0, 0.05) is 41.5 Å². The average molecular weight is 472 g/mol. The van der Waals surface area contributed by atoms with Gasteiger partial charge in [-0.15, -0.1) is 0 Å². The van der Waals surface area contributed by atoms with Crippen molar-refractivity contribution in [1.82, 2.24) is 4.90 Å². The number of carbonyl (C=O) groups excluding carboxylic acids is 2. The molecular formula is C28H29N3O4. The first kappa shape index (κ1) is 24.0. The lowest BCUT2D eigenvalue weighted by Crippen LogP contribution is -2.38. The molecule has 1 aliphatic rings. The number of piperidine rings is 1. The average Bonchev–Trinajstić information content (AvgIpc) is 2.91. The van der Waals surface area contributed by atoms with Crippen LogP contribution in [-0.4, -0.2) is 45.8 Å². The summed E-state index contributed by atoms with van der Waals surface area (Å²) < 4.78 is 0. The van der Waals surface area contributed by atoms with E-state index in [1.165, 1.54) is 6.07 Å². The van der Waals surface area contributed by atoms with Crippen LogP contribution < -0.4 is 5.32 Å². The molecule has 0 aliphatic carbocycles. The van der Waals surface area contributed by atoms with Crippen molar-refractivity contribution in [3.63, 3.8) is 0 Å². The number of amides is 2. The van der Waals surface area contributed by atoms with Gasteiger partial charge in [0.2, 0.25) is 0 Å². The van der Waals surface area contributed by atoms with Gasteiger partial charge in [0.05, 0.1) is 5.71 Å². The van der Waals surface area contributed by atoms with Gasteiger partial charge in [0.1, 0.15) is 5.75 Å². The van der Waals surface area contributed by atoms with E-state index >= 15 is 0 Å². The first-order valence-corrected chi connectivity index (χ1v) is 11.8. The fraction of sp³-hybridized carbons (Fsp3) is 0.250. The van der Waals surface area contributed by atoms with Gasteiger partial charge in [0.15, 0.2) is 0 Å². The van der Waals surface area contributed by atoms with Crippen LogP contribution in [0.3, 0.4) is 0 Å². The van der Waals surface area contributed by atoms with Crippen LogP contribution in [0.25, 0.3) is 0 Å². The second-order valence-electron chi connectivity index (χ2n) is 8.74. The maximum absolute atomic E-state index is 12.6. The molecule has 1 saturated heterocycles. The van der Waals surface area contributed by atoms with Crippen molar-refractivity contribution in [3.05, 3.63) is 95.6 Å². The summed E-state index contributed by atoms with van der Waals surface area (Å²) in [6.07, 6.45) is 3.05. The Morgan fingerprint density at radius 1 is 0.914 bits per heavy atom. The Morgan fingerprint density at radius 3 is 2.14 bits per heavy atom. The van der Waals surface area contributed by atoms with E-state index in [2.05, 4.69) is 10.5 Å². The summed E-state index contributed by atoms with van der Waals surface area (Å²) in [6, 6.07) is 22.9. The minimum atomic E-state index is -0.272. The number of aromatic hydroxyl groups is 1.